The van der Waals surface area contributed by atoms with E-state index < -0.39 is 32.7 Å². The van der Waals surface area contributed by atoms with Crippen molar-refractivity contribution in [2.75, 3.05) is 30.4 Å². The quantitative estimate of drug-likeness (QED) is 0.443. The maximum absolute atomic E-state index is 13.9. The standard InChI is InChI=1S/C20H26FN3O3S2/c1-28-15-12-18(24-29(26,27)19-11-6-5-10-17(19)21)20(25)23-14-7-13-22-16-8-3-2-4-9-16/h2-6,8-11,18,22,24H,7,12-15H2,1H3,(H,23,25). The van der Waals surface area contributed by atoms with Crippen molar-refractivity contribution in [1.29, 1.82) is 0 Å². The molecule has 0 aliphatic rings. The van der Waals surface area contributed by atoms with Crippen molar-refractivity contribution in [3.63, 3.8) is 0 Å². The lowest BCUT2D eigenvalue weighted by atomic mass is 10.2. The zero-order valence-electron chi connectivity index (χ0n) is 16.2. The van der Waals surface area contributed by atoms with Crippen LogP contribution in [0.2, 0.25) is 0 Å². The van der Waals surface area contributed by atoms with Gasteiger partial charge in [-0.1, -0.05) is 30.3 Å². The van der Waals surface area contributed by atoms with E-state index in [0.29, 0.717) is 31.7 Å². The summed E-state index contributed by atoms with van der Waals surface area (Å²) in [7, 11) is -4.14. The number of para-hydroxylation sites is 1. The van der Waals surface area contributed by atoms with Crippen LogP contribution in [0.4, 0.5) is 10.1 Å². The summed E-state index contributed by atoms with van der Waals surface area (Å²) in [6.07, 6.45) is 2.86. The molecule has 0 bridgehead atoms. The van der Waals surface area contributed by atoms with Crippen LogP contribution in [-0.4, -0.2) is 45.5 Å². The van der Waals surface area contributed by atoms with Gasteiger partial charge in [0.15, 0.2) is 0 Å². The van der Waals surface area contributed by atoms with Gasteiger partial charge in [0.1, 0.15) is 16.8 Å². The Balaban J connectivity index is 1.89. The van der Waals surface area contributed by atoms with Crippen LogP contribution in [0.1, 0.15) is 12.8 Å². The summed E-state index contributed by atoms with van der Waals surface area (Å²) in [5.41, 5.74) is 0.995. The number of anilines is 1. The van der Waals surface area contributed by atoms with Gasteiger partial charge in [-0.15, -0.1) is 0 Å². The van der Waals surface area contributed by atoms with E-state index in [1.807, 2.05) is 36.6 Å². The Labute approximate surface area is 175 Å². The number of carbonyl (C=O) groups is 1. The molecule has 0 saturated heterocycles. The van der Waals surface area contributed by atoms with E-state index in [1.165, 1.54) is 30.0 Å². The molecule has 0 saturated carbocycles. The molecule has 2 rings (SSSR count). The first-order valence-corrected chi connectivity index (χ1v) is 12.1. The third-order valence-corrected chi connectivity index (χ3v) is 6.26. The minimum Gasteiger partial charge on any atom is -0.385 e. The van der Waals surface area contributed by atoms with Crippen molar-refractivity contribution in [2.24, 2.45) is 0 Å². The number of rotatable bonds is 12. The van der Waals surface area contributed by atoms with E-state index >= 15 is 0 Å². The Kier molecular flexibility index (Phi) is 9.43. The van der Waals surface area contributed by atoms with Crippen molar-refractivity contribution < 1.29 is 17.6 Å². The van der Waals surface area contributed by atoms with Gasteiger partial charge in [-0.2, -0.15) is 16.5 Å². The van der Waals surface area contributed by atoms with Gasteiger partial charge in [-0.3, -0.25) is 4.79 Å². The molecular weight excluding hydrogens is 413 g/mol. The normalized spacial score (nSPS) is 12.3. The molecule has 0 aliphatic carbocycles. The van der Waals surface area contributed by atoms with Crippen LogP contribution in [-0.2, 0) is 14.8 Å². The Morgan fingerprint density at radius 1 is 1.07 bits per heavy atom. The Morgan fingerprint density at radius 3 is 2.45 bits per heavy atom. The number of thioether (sulfide) groups is 1. The number of halogens is 1. The fraction of sp³-hybridized carbons (Fsp3) is 0.350. The highest BCUT2D eigenvalue weighted by atomic mass is 32.2. The van der Waals surface area contributed by atoms with Gasteiger partial charge in [0.2, 0.25) is 15.9 Å². The molecule has 0 heterocycles. The Hall–Kier alpha value is -2.10. The first-order valence-electron chi connectivity index (χ1n) is 9.26. The van der Waals surface area contributed by atoms with Crippen LogP contribution in [0.25, 0.3) is 0 Å². The van der Waals surface area contributed by atoms with Crippen LogP contribution in [0.3, 0.4) is 0 Å². The second-order valence-electron chi connectivity index (χ2n) is 6.32. The number of carbonyl (C=O) groups excluding carboxylic acids is 1. The fourth-order valence-electron chi connectivity index (χ4n) is 2.60. The Bertz CT molecular complexity index is 880. The van der Waals surface area contributed by atoms with E-state index in [0.717, 1.165) is 11.8 Å². The van der Waals surface area contributed by atoms with Crippen LogP contribution < -0.4 is 15.4 Å². The minimum absolute atomic E-state index is 0.308. The van der Waals surface area contributed by atoms with Gasteiger partial charge in [0, 0.05) is 18.8 Å². The van der Waals surface area contributed by atoms with Crippen LogP contribution in [0.5, 0.6) is 0 Å². The molecule has 6 nitrogen and oxygen atoms in total. The predicted octanol–water partition coefficient (Wildman–Crippen LogP) is 2.84. The molecule has 2 aromatic rings. The van der Waals surface area contributed by atoms with E-state index in [-0.39, 0.29) is 0 Å². The highest BCUT2D eigenvalue weighted by Crippen LogP contribution is 2.15. The van der Waals surface area contributed by atoms with Crippen LogP contribution in [0.15, 0.2) is 59.5 Å². The molecule has 0 aromatic heterocycles. The highest BCUT2D eigenvalue weighted by molar-refractivity contribution is 7.98. The molecule has 9 heteroatoms. The molecule has 2 aromatic carbocycles. The van der Waals surface area contributed by atoms with Gasteiger partial charge in [-0.05, 0) is 49.1 Å². The maximum Gasteiger partial charge on any atom is 0.244 e. The second-order valence-corrected chi connectivity index (χ2v) is 8.99. The lowest BCUT2D eigenvalue weighted by Gasteiger charge is -2.18. The van der Waals surface area contributed by atoms with Crippen molar-refractivity contribution in [2.45, 2.75) is 23.8 Å². The highest BCUT2D eigenvalue weighted by Gasteiger charge is 2.27. The summed E-state index contributed by atoms with van der Waals surface area (Å²) >= 11 is 1.50. The summed E-state index contributed by atoms with van der Waals surface area (Å²) in [6, 6.07) is 13.8. The van der Waals surface area contributed by atoms with Crippen LogP contribution >= 0.6 is 11.8 Å². The van der Waals surface area contributed by atoms with E-state index in [4.69, 9.17) is 0 Å². The smallest absolute Gasteiger partial charge is 0.244 e. The number of hydrogen-bond acceptors (Lipinski definition) is 5. The summed E-state index contributed by atoms with van der Waals surface area (Å²) in [5, 5.41) is 6.00. The van der Waals surface area contributed by atoms with Gasteiger partial charge < -0.3 is 10.6 Å². The second kappa shape index (κ2) is 11.8. The lowest BCUT2D eigenvalue weighted by molar-refractivity contribution is -0.122. The van der Waals surface area contributed by atoms with Crippen molar-refractivity contribution >= 4 is 33.4 Å². The van der Waals surface area contributed by atoms with Gasteiger partial charge in [0.05, 0.1) is 0 Å². The minimum atomic E-state index is -4.14. The van der Waals surface area contributed by atoms with E-state index in [1.54, 1.807) is 0 Å². The Morgan fingerprint density at radius 2 is 1.76 bits per heavy atom. The van der Waals surface area contributed by atoms with E-state index in [9.17, 15) is 17.6 Å². The number of amides is 1. The molecule has 0 aliphatic heterocycles. The predicted molar refractivity (Wildman–Crippen MR) is 116 cm³/mol. The molecule has 3 N–H and O–H groups in total. The lowest BCUT2D eigenvalue weighted by Crippen LogP contribution is -2.47. The molecule has 158 valence electrons. The molecule has 1 atom stereocenters. The zero-order chi connectivity index (χ0) is 21.1. The average molecular weight is 440 g/mol. The number of nitrogens with one attached hydrogen (secondary N) is 3. The maximum atomic E-state index is 13.9. The first kappa shape index (κ1) is 23.2. The summed E-state index contributed by atoms with van der Waals surface area (Å²) < 4.78 is 41.3. The summed E-state index contributed by atoms with van der Waals surface area (Å²) in [4.78, 5) is 12.1. The SMILES string of the molecule is CSCCC(NS(=O)(=O)c1ccccc1F)C(=O)NCCCNc1ccccc1. The molecule has 1 unspecified atom stereocenters. The topological polar surface area (TPSA) is 87.3 Å². The van der Waals surface area contributed by atoms with E-state index in [2.05, 4.69) is 15.4 Å². The van der Waals surface area contributed by atoms with Gasteiger partial charge in [-0.25, -0.2) is 12.8 Å². The molecule has 29 heavy (non-hydrogen) atoms. The molecule has 1 amide bonds. The van der Waals surface area contributed by atoms with Crippen molar-refractivity contribution in [3.8, 4) is 0 Å². The molecule has 0 spiro atoms. The number of sulfonamides is 1. The summed E-state index contributed by atoms with van der Waals surface area (Å²) in [5.74, 6) is -0.678. The van der Waals surface area contributed by atoms with Gasteiger partial charge in [0.25, 0.3) is 0 Å². The molecular formula is C20H26FN3O3S2. The third kappa shape index (κ3) is 7.68. The number of hydrogen-bond donors (Lipinski definition) is 3. The number of benzene rings is 2. The summed E-state index contributed by atoms with van der Waals surface area (Å²) in [6.45, 7) is 1.07. The largest absolute Gasteiger partial charge is 0.385 e. The molecule has 0 fully saturated rings. The van der Waals surface area contributed by atoms with Crippen LogP contribution in [0, 0.1) is 5.82 Å². The van der Waals surface area contributed by atoms with Crippen molar-refractivity contribution in [1.82, 2.24) is 10.0 Å². The fourth-order valence-corrected chi connectivity index (χ4v) is 4.38. The zero-order valence-corrected chi connectivity index (χ0v) is 17.9. The van der Waals surface area contributed by atoms with Gasteiger partial charge >= 0.3 is 0 Å². The average Bonchev–Trinajstić information content (AvgIpc) is 2.71. The molecule has 0 radical (unpaired) electrons. The van der Waals surface area contributed by atoms with Crippen molar-refractivity contribution in [3.05, 3.63) is 60.4 Å². The third-order valence-electron chi connectivity index (χ3n) is 4.11. The first-order chi connectivity index (χ1) is 13.9. The monoisotopic (exact) mass is 439 g/mol.